The van der Waals surface area contributed by atoms with Crippen molar-refractivity contribution in [2.45, 2.75) is 25.9 Å². The average Bonchev–Trinajstić information content (AvgIpc) is 2.62. The molecule has 2 aromatic carbocycles. The number of phenolic OH excluding ortho intramolecular Hbond substituents is 2. The molecule has 24 heavy (non-hydrogen) atoms. The third-order valence-electron chi connectivity index (χ3n) is 5.04. The molecule has 1 aliphatic rings. The van der Waals surface area contributed by atoms with Crippen LogP contribution in [-0.4, -0.2) is 46.2 Å². The predicted octanol–water partition coefficient (Wildman–Crippen LogP) is 3.54. The number of benzene rings is 2. The van der Waals surface area contributed by atoms with Gasteiger partial charge in [0.25, 0.3) is 0 Å². The zero-order valence-electron chi connectivity index (χ0n) is 14.4. The van der Waals surface area contributed by atoms with Crippen molar-refractivity contribution < 1.29 is 10.2 Å². The van der Waals surface area contributed by atoms with Gasteiger partial charge < -0.3 is 10.2 Å². The van der Waals surface area contributed by atoms with Crippen molar-refractivity contribution in [3.05, 3.63) is 59.7 Å². The van der Waals surface area contributed by atoms with E-state index < -0.39 is 0 Å². The van der Waals surface area contributed by atoms with Crippen LogP contribution in [0.2, 0.25) is 0 Å². The van der Waals surface area contributed by atoms with Crippen LogP contribution in [0.3, 0.4) is 0 Å². The maximum absolute atomic E-state index is 9.64. The zero-order chi connectivity index (χ0) is 17.1. The van der Waals surface area contributed by atoms with Crippen LogP contribution in [0.25, 0.3) is 0 Å². The van der Waals surface area contributed by atoms with E-state index in [0.29, 0.717) is 11.5 Å². The Bertz CT molecular complexity index is 595. The van der Waals surface area contributed by atoms with Gasteiger partial charge in [-0.25, -0.2) is 0 Å². The number of piperazine rings is 1. The highest BCUT2D eigenvalue weighted by molar-refractivity contribution is 5.34. The first kappa shape index (κ1) is 16.8. The summed E-state index contributed by atoms with van der Waals surface area (Å²) in [6.07, 6.45) is 0. The molecular weight excluding hydrogens is 300 g/mol. The van der Waals surface area contributed by atoms with Gasteiger partial charge in [-0.3, -0.25) is 9.80 Å². The molecule has 0 unspecified atom stereocenters. The molecule has 0 bridgehead atoms. The second-order valence-electron chi connectivity index (χ2n) is 6.33. The Labute approximate surface area is 144 Å². The van der Waals surface area contributed by atoms with Gasteiger partial charge in [0.05, 0.1) is 12.1 Å². The number of hydrogen-bond donors (Lipinski definition) is 2. The molecule has 2 N–H and O–H groups in total. The molecule has 4 heteroatoms. The molecular formula is C20H26N2O2. The van der Waals surface area contributed by atoms with Crippen molar-refractivity contribution in [2.75, 3.05) is 26.2 Å². The molecule has 1 saturated heterocycles. The molecule has 1 fully saturated rings. The normalized spacial score (nSPS) is 22.6. The molecule has 3 rings (SSSR count). The van der Waals surface area contributed by atoms with E-state index in [1.165, 1.54) is 11.1 Å². The van der Waals surface area contributed by atoms with Gasteiger partial charge >= 0.3 is 0 Å². The van der Waals surface area contributed by atoms with E-state index >= 15 is 0 Å². The van der Waals surface area contributed by atoms with Gasteiger partial charge in [0.2, 0.25) is 0 Å². The number of phenols is 2. The van der Waals surface area contributed by atoms with Gasteiger partial charge in [0.15, 0.2) is 0 Å². The van der Waals surface area contributed by atoms with E-state index in [-0.39, 0.29) is 12.1 Å². The van der Waals surface area contributed by atoms with E-state index in [1.807, 2.05) is 24.3 Å². The molecule has 0 radical (unpaired) electrons. The Kier molecular flexibility index (Phi) is 5.07. The zero-order valence-corrected chi connectivity index (χ0v) is 14.4. The molecule has 2 atom stereocenters. The van der Waals surface area contributed by atoms with E-state index in [9.17, 15) is 10.2 Å². The summed E-state index contributed by atoms with van der Waals surface area (Å²) >= 11 is 0. The summed E-state index contributed by atoms with van der Waals surface area (Å²) in [4.78, 5) is 4.99. The fourth-order valence-electron chi connectivity index (χ4n) is 3.77. The molecule has 4 nitrogen and oxygen atoms in total. The molecule has 0 spiro atoms. The van der Waals surface area contributed by atoms with Crippen LogP contribution in [0, 0.1) is 0 Å². The van der Waals surface area contributed by atoms with Crippen molar-refractivity contribution in [3.63, 3.8) is 0 Å². The minimum Gasteiger partial charge on any atom is -0.508 e. The summed E-state index contributed by atoms with van der Waals surface area (Å²) < 4.78 is 0. The lowest BCUT2D eigenvalue weighted by molar-refractivity contribution is 0.0227. The molecule has 1 aliphatic heterocycles. The summed E-state index contributed by atoms with van der Waals surface area (Å²) in [5, 5.41) is 19.3. The molecule has 0 aliphatic carbocycles. The summed E-state index contributed by atoms with van der Waals surface area (Å²) in [6, 6.07) is 15.6. The maximum Gasteiger partial charge on any atom is 0.115 e. The van der Waals surface area contributed by atoms with E-state index in [2.05, 4.69) is 23.6 Å². The number of hydrogen-bond acceptors (Lipinski definition) is 4. The van der Waals surface area contributed by atoms with Crippen molar-refractivity contribution in [3.8, 4) is 11.5 Å². The number of nitrogens with zero attached hydrogens (tertiary/aromatic N) is 2. The Morgan fingerprint density at radius 3 is 1.33 bits per heavy atom. The fraction of sp³-hybridized carbons (Fsp3) is 0.400. The minimum atomic E-state index is 0.230. The first-order valence-corrected chi connectivity index (χ1v) is 8.70. The van der Waals surface area contributed by atoms with Crippen LogP contribution < -0.4 is 0 Å². The SMILES string of the molecule is CCN1CCN(CC)[C@@H](c2ccc(O)cc2)[C@H]1c1ccc(O)cc1. The Hall–Kier alpha value is -2.04. The lowest BCUT2D eigenvalue weighted by atomic mass is 9.88. The lowest BCUT2D eigenvalue weighted by Crippen LogP contribution is -2.50. The summed E-state index contributed by atoms with van der Waals surface area (Å²) in [7, 11) is 0. The Morgan fingerprint density at radius 2 is 1.04 bits per heavy atom. The molecule has 0 amide bonds. The van der Waals surface area contributed by atoms with Gasteiger partial charge in [-0.05, 0) is 48.5 Å². The highest BCUT2D eigenvalue weighted by atomic mass is 16.3. The van der Waals surface area contributed by atoms with E-state index in [1.54, 1.807) is 24.3 Å². The average molecular weight is 326 g/mol. The molecule has 2 aromatic rings. The quantitative estimate of drug-likeness (QED) is 0.902. The van der Waals surface area contributed by atoms with E-state index in [4.69, 9.17) is 0 Å². The van der Waals surface area contributed by atoms with Gasteiger partial charge in [0, 0.05) is 13.1 Å². The first-order valence-electron chi connectivity index (χ1n) is 8.70. The topological polar surface area (TPSA) is 46.9 Å². The van der Waals surface area contributed by atoms with Crippen molar-refractivity contribution in [2.24, 2.45) is 0 Å². The summed E-state index contributed by atoms with van der Waals surface area (Å²) in [5.41, 5.74) is 2.43. The van der Waals surface area contributed by atoms with E-state index in [0.717, 1.165) is 26.2 Å². The van der Waals surface area contributed by atoms with Gasteiger partial charge in [-0.1, -0.05) is 38.1 Å². The molecule has 0 aromatic heterocycles. The van der Waals surface area contributed by atoms with Crippen LogP contribution in [0.15, 0.2) is 48.5 Å². The monoisotopic (exact) mass is 326 g/mol. The van der Waals surface area contributed by atoms with Gasteiger partial charge in [-0.2, -0.15) is 0 Å². The highest BCUT2D eigenvalue weighted by Crippen LogP contribution is 2.41. The molecule has 128 valence electrons. The maximum atomic E-state index is 9.64. The summed E-state index contributed by atoms with van der Waals surface area (Å²) in [5.74, 6) is 0.595. The number of aromatic hydroxyl groups is 2. The third kappa shape index (κ3) is 3.25. The van der Waals surface area contributed by atoms with Crippen LogP contribution in [0.1, 0.15) is 37.1 Å². The van der Waals surface area contributed by atoms with Crippen LogP contribution in [0.5, 0.6) is 11.5 Å². The van der Waals surface area contributed by atoms with Crippen molar-refractivity contribution in [1.82, 2.24) is 9.80 Å². The fourth-order valence-corrected chi connectivity index (χ4v) is 3.77. The molecule has 1 heterocycles. The van der Waals surface area contributed by atoms with Crippen molar-refractivity contribution >= 4 is 0 Å². The summed E-state index contributed by atoms with van der Waals surface area (Å²) in [6.45, 7) is 8.43. The number of rotatable bonds is 4. The number of likely N-dealkylation sites (N-methyl/N-ethyl adjacent to an activating group) is 2. The van der Waals surface area contributed by atoms with Gasteiger partial charge in [0.1, 0.15) is 11.5 Å². The third-order valence-corrected chi connectivity index (χ3v) is 5.04. The van der Waals surface area contributed by atoms with Crippen LogP contribution in [0.4, 0.5) is 0 Å². The Morgan fingerprint density at radius 1 is 0.708 bits per heavy atom. The standard InChI is InChI=1S/C20H26N2O2/c1-3-21-13-14-22(4-2)20(16-7-11-18(24)12-8-16)19(21)15-5-9-17(23)10-6-15/h5-12,19-20,23-24H,3-4,13-14H2,1-2H3/t19-,20+. The Balaban J connectivity index is 2.05. The van der Waals surface area contributed by atoms with Crippen LogP contribution in [-0.2, 0) is 0 Å². The second-order valence-corrected chi connectivity index (χ2v) is 6.33. The first-order chi connectivity index (χ1) is 11.6. The minimum absolute atomic E-state index is 0.230. The van der Waals surface area contributed by atoms with Gasteiger partial charge in [-0.15, -0.1) is 0 Å². The molecule has 0 saturated carbocycles. The van der Waals surface area contributed by atoms with Crippen molar-refractivity contribution in [1.29, 1.82) is 0 Å². The lowest BCUT2D eigenvalue weighted by Gasteiger charge is -2.47. The highest BCUT2D eigenvalue weighted by Gasteiger charge is 2.37. The largest absolute Gasteiger partial charge is 0.508 e. The second kappa shape index (κ2) is 7.24. The van der Waals surface area contributed by atoms with Crippen LogP contribution >= 0.6 is 0 Å². The smallest absolute Gasteiger partial charge is 0.115 e. The predicted molar refractivity (Wildman–Crippen MR) is 96.2 cm³/mol.